The van der Waals surface area contributed by atoms with Crippen molar-refractivity contribution in [3.63, 3.8) is 0 Å². The zero-order chi connectivity index (χ0) is 28.2. The molecule has 2 aromatic carbocycles. The molecule has 40 heavy (non-hydrogen) atoms. The Labute approximate surface area is 235 Å². The van der Waals surface area contributed by atoms with Crippen LogP contribution in [0.1, 0.15) is 39.1 Å². The third-order valence-electron chi connectivity index (χ3n) is 6.22. The molecule has 11 nitrogen and oxygen atoms in total. The Balaban J connectivity index is 1.22. The highest BCUT2D eigenvalue weighted by molar-refractivity contribution is 7.99. The highest BCUT2D eigenvalue weighted by atomic mass is 32.2. The van der Waals surface area contributed by atoms with Gasteiger partial charge in [0.25, 0.3) is 17.5 Å². The SMILES string of the molecule is Cn1c(CNC(=O)c2ccc([N+](=O)[O-])cc2)nnc1SCC(=O)N1N=C(c2cccs2)C[C@@H]1c1ccc(F)cc1. The van der Waals surface area contributed by atoms with Gasteiger partial charge in [-0.3, -0.25) is 19.7 Å². The Morgan fingerprint density at radius 1 is 1.15 bits per heavy atom. The van der Waals surface area contributed by atoms with Crippen LogP contribution in [0.5, 0.6) is 0 Å². The molecule has 0 aliphatic carbocycles. The number of non-ortho nitro benzene ring substituents is 1. The molecule has 0 unspecified atom stereocenters. The summed E-state index contributed by atoms with van der Waals surface area (Å²) in [7, 11) is 1.73. The van der Waals surface area contributed by atoms with Crippen LogP contribution in [0.2, 0.25) is 0 Å². The molecule has 0 fully saturated rings. The normalized spacial score (nSPS) is 14.7. The lowest BCUT2D eigenvalue weighted by molar-refractivity contribution is -0.384. The number of thiophene rings is 1. The van der Waals surface area contributed by atoms with Gasteiger partial charge in [-0.05, 0) is 41.3 Å². The molecule has 2 amide bonds. The van der Waals surface area contributed by atoms with E-state index in [0.717, 1.165) is 16.2 Å². The second-order valence-corrected chi connectivity index (χ2v) is 10.7. The number of amides is 2. The van der Waals surface area contributed by atoms with Crippen LogP contribution in [0.15, 0.2) is 76.3 Å². The molecule has 2 aromatic heterocycles. The number of hydrogen-bond acceptors (Lipinski definition) is 9. The number of thioether (sulfide) groups is 1. The zero-order valence-corrected chi connectivity index (χ0v) is 22.7. The summed E-state index contributed by atoms with van der Waals surface area (Å²) in [5, 5.41) is 30.3. The summed E-state index contributed by atoms with van der Waals surface area (Å²) in [6, 6.07) is 14.9. The first-order valence-corrected chi connectivity index (χ1v) is 13.9. The van der Waals surface area contributed by atoms with Gasteiger partial charge in [-0.15, -0.1) is 21.5 Å². The molecular weight excluding hydrogens is 557 g/mol. The fourth-order valence-electron chi connectivity index (χ4n) is 4.09. The molecule has 1 atom stereocenters. The third kappa shape index (κ3) is 5.92. The van der Waals surface area contributed by atoms with Crippen LogP contribution in [0.4, 0.5) is 10.1 Å². The van der Waals surface area contributed by atoms with Gasteiger partial charge in [0.2, 0.25) is 0 Å². The summed E-state index contributed by atoms with van der Waals surface area (Å²) in [5.41, 5.74) is 1.76. The number of rotatable bonds is 9. The van der Waals surface area contributed by atoms with E-state index in [9.17, 15) is 24.1 Å². The molecule has 1 aliphatic rings. The lowest BCUT2D eigenvalue weighted by Crippen LogP contribution is -2.28. The molecule has 0 spiro atoms. The molecule has 4 aromatic rings. The number of hydrazone groups is 1. The number of nitro groups is 1. The summed E-state index contributed by atoms with van der Waals surface area (Å²) in [6.45, 7) is 0.0705. The van der Waals surface area contributed by atoms with Crippen LogP contribution >= 0.6 is 23.1 Å². The van der Waals surface area contributed by atoms with Crippen LogP contribution in [0, 0.1) is 15.9 Å². The van der Waals surface area contributed by atoms with Crippen molar-refractivity contribution in [2.24, 2.45) is 12.1 Å². The highest BCUT2D eigenvalue weighted by Gasteiger charge is 2.33. The van der Waals surface area contributed by atoms with Crippen molar-refractivity contribution >= 4 is 46.3 Å². The van der Waals surface area contributed by atoms with E-state index in [2.05, 4.69) is 20.6 Å². The van der Waals surface area contributed by atoms with Crippen molar-refractivity contribution in [2.45, 2.75) is 24.2 Å². The van der Waals surface area contributed by atoms with E-state index < -0.39 is 10.8 Å². The van der Waals surface area contributed by atoms with E-state index >= 15 is 0 Å². The summed E-state index contributed by atoms with van der Waals surface area (Å²) < 4.78 is 15.2. The van der Waals surface area contributed by atoms with Gasteiger partial charge >= 0.3 is 0 Å². The predicted molar refractivity (Wildman–Crippen MR) is 147 cm³/mol. The van der Waals surface area contributed by atoms with Crippen molar-refractivity contribution in [3.05, 3.63) is 104 Å². The van der Waals surface area contributed by atoms with E-state index in [4.69, 9.17) is 0 Å². The number of nitrogens with zero attached hydrogens (tertiary/aromatic N) is 6. The van der Waals surface area contributed by atoms with Crippen LogP contribution in [0.25, 0.3) is 0 Å². The van der Waals surface area contributed by atoms with Crippen molar-refractivity contribution in [1.29, 1.82) is 0 Å². The zero-order valence-electron chi connectivity index (χ0n) is 21.1. The van der Waals surface area contributed by atoms with Gasteiger partial charge in [0.1, 0.15) is 5.82 Å². The summed E-state index contributed by atoms with van der Waals surface area (Å²) in [4.78, 5) is 37.0. The van der Waals surface area contributed by atoms with Gasteiger partial charge in [-0.1, -0.05) is 30.0 Å². The number of benzene rings is 2. The minimum atomic E-state index is -0.535. The fraction of sp³-hybridized carbons (Fsp3) is 0.192. The van der Waals surface area contributed by atoms with E-state index in [1.54, 1.807) is 35.1 Å². The van der Waals surface area contributed by atoms with Gasteiger partial charge in [0.05, 0.1) is 33.9 Å². The smallest absolute Gasteiger partial charge is 0.269 e. The van der Waals surface area contributed by atoms with E-state index in [0.29, 0.717) is 17.4 Å². The first kappa shape index (κ1) is 27.1. The lowest BCUT2D eigenvalue weighted by atomic mass is 10.0. The van der Waals surface area contributed by atoms with Crippen molar-refractivity contribution < 1.29 is 18.9 Å². The fourth-order valence-corrected chi connectivity index (χ4v) is 5.59. The maximum absolute atomic E-state index is 13.5. The Morgan fingerprint density at radius 3 is 2.58 bits per heavy atom. The molecule has 1 N–H and O–H groups in total. The maximum atomic E-state index is 13.5. The summed E-state index contributed by atoms with van der Waals surface area (Å²) in [5.74, 6) is -0.491. The molecule has 14 heteroatoms. The minimum absolute atomic E-state index is 0.0417. The van der Waals surface area contributed by atoms with Crippen molar-refractivity contribution in [3.8, 4) is 0 Å². The average molecular weight is 580 g/mol. The summed E-state index contributed by atoms with van der Waals surface area (Å²) >= 11 is 2.73. The topological polar surface area (TPSA) is 136 Å². The van der Waals surface area contributed by atoms with Gasteiger partial charge < -0.3 is 9.88 Å². The molecule has 5 rings (SSSR count). The molecule has 1 aliphatic heterocycles. The Bertz CT molecular complexity index is 1570. The van der Waals surface area contributed by atoms with E-state index in [-0.39, 0.29) is 41.3 Å². The monoisotopic (exact) mass is 579 g/mol. The Kier molecular flexibility index (Phi) is 7.98. The Morgan fingerprint density at radius 2 is 1.90 bits per heavy atom. The second-order valence-electron chi connectivity index (χ2n) is 8.77. The number of carbonyl (C=O) groups excluding carboxylic acids is 2. The number of carbonyl (C=O) groups is 2. The Hall–Kier alpha value is -4.43. The minimum Gasteiger partial charge on any atom is -0.345 e. The molecular formula is C26H22FN7O4S2. The van der Waals surface area contributed by atoms with Gasteiger partial charge in [-0.2, -0.15) is 5.10 Å². The standard InChI is InChI=1S/C26H22FN7O4S2/c1-32-23(14-28-25(36)17-6-10-19(11-7-17)34(37)38)29-30-26(32)40-15-24(35)33-21(16-4-8-18(27)9-5-16)13-20(31-33)22-3-2-12-39-22/h2-12,21H,13-15H2,1H3,(H,28,36)/t21-/m1/s1. The molecule has 0 saturated carbocycles. The molecule has 0 bridgehead atoms. The van der Waals surface area contributed by atoms with E-state index in [1.165, 1.54) is 53.2 Å². The first-order valence-electron chi connectivity index (χ1n) is 12.0. The number of hydrogen-bond donors (Lipinski definition) is 1. The molecule has 204 valence electrons. The highest BCUT2D eigenvalue weighted by Crippen LogP contribution is 2.34. The maximum Gasteiger partial charge on any atom is 0.269 e. The van der Waals surface area contributed by atoms with Crippen LogP contribution in [-0.2, 0) is 18.4 Å². The van der Waals surface area contributed by atoms with Gasteiger partial charge in [0.15, 0.2) is 11.0 Å². The van der Waals surface area contributed by atoms with Gasteiger partial charge in [0, 0.05) is 31.2 Å². The number of nitrogens with one attached hydrogen (secondary N) is 1. The van der Waals surface area contributed by atoms with Crippen LogP contribution in [-0.4, -0.2) is 48.0 Å². The predicted octanol–water partition coefficient (Wildman–Crippen LogP) is 4.32. The molecule has 0 radical (unpaired) electrons. The number of aromatic nitrogens is 3. The van der Waals surface area contributed by atoms with Crippen LogP contribution < -0.4 is 5.32 Å². The number of nitro benzene ring substituents is 1. The summed E-state index contributed by atoms with van der Waals surface area (Å²) in [6.07, 6.45) is 0.519. The molecule has 3 heterocycles. The quantitative estimate of drug-likeness (QED) is 0.177. The largest absolute Gasteiger partial charge is 0.345 e. The average Bonchev–Trinajstić information content (AvgIpc) is 3.71. The van der Waals surface area contributed by atoms with Crippen LogP contribution in [0.3, 0.4) is 0 Å². The number of halogens is 1. The second kappa shape index (κ2) is 11.8. The van der Waals surface area contributed by atoms with Crippen molar-refractivity contribution in [2.75, 3.05) is 5.75 Å². The molecule has 0 saturated heterocycles. The van der Waals surface area contributed by atoms with Gasteiger partial charge in [-0.25, -0.2) is 9.40 Å². The van der Waals surface area contributed by atoms with E-state index in [1.807, 2.05) is 17.5 Å². The van der Waals surface area contributed by atoms with Crippen molar-refractivity contribution in [1.82, 2.24) is 25.1 Å². The first-order chi connectivity index (χ1) is 19.3. The third-order valence-corrected chi connectivity index (χ3v) is 8.15. The lowest BCUT2D eigenvalue weighted by Gasteiger charge is -2.21.